The van der Waals surface area contributed by atoms with Gasteiger partial charge in [-0.15, -0.1) is 0 Å². The third-order valence-corrected chi connectivity index (χ3v) is 3.20. The highest BCUT2D eigenvalue weighted by atomic mass is 16.2. The Bertz CT molecular complexity index is 509. The summed E-state index contributed by atoms with van der Waals surface area (Å²) in [6, 6.07) is 6.94. The summed E-state index contributed by atoms with van der Waals surface area (Å²) < 4.78 is 0. The number of nitrogens with one attached hydrogen (secondary N) is 2. The lowest BCUT2D eigenvalue weighted by Gasteiger charge is -2.09. The van der Waals surface area contributed by atoms with E-state index < -0.39 is 0 Å². The Morgan fingerprint density at radius 3 is 2.89 bits per heavy atom. The number of carbonyl (C=O) groups is 2. The van der Waals surface area contributed by atoms with Crippen LogP contribution in [0, 0.1) is 5.92 Å². The first-order chi connectivity index (χ1) is 9.19. The average Bonchev–Trinajstić information content (AvgIpc) is 2.90. The molecule has 1 aliphatic carbocycles. The Morgan fingerprint density at radius 1 is 1.37 bits per heavy atom. The lowest BCUT2D eigenvalue weighted by Crippen LogP contribution is -2.19. The number of hydrogen-bond acceptors (Lipinski definition) is 2. The maximum atomic E-state index is 11.9. The molecule has 0 saturated heterocycles. The molecular weight excluding hydrogens is 240 g/mol. The molecule has 1 atom stereocenters. The molecule has 0 saturated carbocycles. The zero-order valence-corrected chi connectivity index (χ0v) is 11.0. The number of benzene rings is 1. The molecule has 0 fully saturated rings. The first-order valence-electron chi connectivity index (χ1n) is 6.47. The van der Waals surface area contributed by atoms with Gasteiger partial charge >= 0.3 is 0 Å². The molecule has 2 amide bonds. The topological polar surface area (TPSA) is 58.2 Å². The quantitative estimate of drug-likeness (QED) is 0.814. The number of allylic oxidation sites excluding steroid dienone is 2. The van der Waals surface area contributed by atoms with E-state index in [2.05, 4.69) is 22.8 Å². The molecule has 4 nitrogen and oxygen atoms in total. The molecule has 0 aliphatic heterocycles. The van der Waals surface area contributed by atoms with E-state index in [0.717, 1.165) is 12.8 Å². The van der Waals surface area contributed by atoms with E-state index in [9.17, 15) is 9.59 Å². The predicted molar refractivity (Wildman–Crippen MR) is 74.9 cm³/mol. The predicted octanol–water partition coefficient (Wildman–Crippen LogP) is 2.34. The maximum absolute atomic E-state index is 11.9. The van der Waals surface area contributed by atoms with Gasteiger partial charge in [-0.1, -0.05) is 18.2 Å². The van der Waals surface area contributed by atoms with E-state index >= 15 is 0 Å². The lowest BCUT2D eigenvalue weighted by molar-refractivity contribution is -0.116. The minimum atomic E-state index is -0.158. The van der Waals surface area contributed by atoms with Crippen LogP contribution in [0.4, 0.5) is 5.69 Å². The minimum absolute atomic E-state index is 0.00870. The van der Waals surface area contributed by atoms with E-state index in [1.165, 1.54) is 0 Å². The Labute approximate surface area is 112 Å². The SMILES string of the molecule is CNC(=O)c1cccc(NC(=O)C[C@H]2C=CCC2)c1. The van der Waals surface area contributed by atoms with Crippen LogP contribution in [0.5, 0.6) is 0 Å². The smallest absolute Gasteiger partial charge is 0.251 e. The number of hydrogen-bond donors (Lipinski definition) is 2. The van der Waals surface area contributed by atoms with Crippen molar-refractivity contribution in [3.63, 3.8) is 0 Å². The largest absolute Gasteiger partial charge is 0.355 e. The van der Waals surface area contributed by atoms with Crippen molar-refractivity contribution in [3.8, 4) is 0 Å². The van der Waals surface area contributed by atoms with Crippen molar-refractivity contribution in [3.05, 3.63) is 42.0 Å². The van der Waals surface area contributed by atoms with Crippen LogP contribution in [0.3, 0.4) is 0 Å². The maximum Gasteiger partial charge on any atom is 0.251 e. The molecule has 100 valence electrons. The number of rotatable bonds is 4. The van der Waals surface area contributed by atoms with Gasteiger partial charge in [0.2, 0.25) is 5.91 Å². The Morgan fingerprint density at radius 2 is 2.21 bits per heavy atom. The molecule has 0 heterocycles. The molecule has 0 aromatic heterocycles. The molecular formula is C15H18N2O2. The van der Waals surface area contributed by atoms with Gasteiger partial charge in [0.15, 0.2) is 0 Å². The van der Waals surface area contributed by atoms with E-state index in [4.69, 9.17) is 0 Å². The van der Waals surface area contributed by atoms with E-state index in [0.29, 0.717) is 23.6 Å². The fraction of sp³-hybridized carbons (Fsp3) is 0.333. The zero-order valence-electron chi connectivity index (χ0n) is 11.0. The molecule has 0 radical (unpaired) electrons. The molecule has 1 aromatic carbocycles. The number of carbonyl (C=O) groups excluding carboxylic acids is 2. The zero-order chi connectivity index (χ0) is 13.7. The molecule has 2 N–H and O–H groups in total. The van der Waals surface area contributed by atoms with Crippen molar-refractivity contribution >= 4 is 17.5 Å². The normalized spacial score (nSPS) is 17.2. The van der Waals surface area contributed by atoms with Crippen molar-refractivity contribution in [2.45, 2.75) is 19.3 Å². The van der Waals surface area contributed by atoms with E-state index in [1.807, 2.05) is 0 Å². The van der Waals surface area contributed by atoms with Crippen molar-refractivity contribution in [2.75, 3.05) is 12.4 Å². The van der Waals surface area contributed by atoms with Crippen LogP contribution in [0.15, 0.2) is 36.4 Å². The van der Waals surface area contributed by atoms with Gasteiger partial charge < -0.3 is 10.6 Å². The highest BCUT2D eigenvalue weighted by Gasteiger charge is 2.14. The van der Waals surface area contributed by atoms with Crippen LogP contribution in [0.1, 0.15) is 29.6 Å². The summed E-state index contributed by atoms with van der Waals surface area (Å²) in [7, 11) is 1.58. The second-order valence-electron chi connectivity index (χ2n) is 4.68. The van der Waals surface area contributed by atoms with Gasteiger partial charge in [-0.3, -0.25) is 9.59 Å². The summed E-state index contributed by atoms with van der Waals surface area (Å²) in [5.74, 6) is 0.183. The molecule has 1 aliphatic rings. The van der Waals surface area contributed by atoms with Crippen LogP contribution in [0.2, 0.25) is 0 Å². The van der Waals surface area contributed by atoms with Gasteiger partial charge in [0, 0.05) is 24.7 Å². The highest BCUT2D eigenvalue weighted by Crippen LogP contribution is 2.21. The molecule has 0 unspecified atom stereocenters. The molecule has 0 spiro atoms. The van der Waals surface area contributed by atoms with Gasteiger partial charge in [0.1, 0.15) is 0 Å². The molecule has 1 aromatic rings. The van der Waals surface area contributed by atoms with Crippen molar-refractivity contribution in [2.24, 2.45) is 5.92 Å². The highest BCUT2D eigenvalue weighted by molar-refractivity contribution is 5.97. The molecule has 4 heteroatoms. The van der Waals surface area contributed by atoms with Crippen molar-refractivity contribution in [1.82, 2.24) is 5.32 Å². The van der Waals surface area contributed by atoms with Crippen molar-refractivity contribution < 1.29 is 9.59 Å². The monoisotopic (exact) mass is 258 g/mol. The average molecular weight is 258 g/mol. The van der Waals surface area contributed by atoms with E-state index in [-0.39, 0.29) is 11.8 Å². The summed E-state index contributed by atoms with van der Waals surface area (Å²) >= 11 is 0. The second kappa shape index (κ2) is 6.18. The fourth-order valence-corrected chi connectivity index (χ4v) is 2.20. The van der Waals surface area contributed by atoms with Crippen LogP contribution >= 0.6 is 0 Å². The van der Waals surface area contributed by atoms with Crippen LogP contribution in [0.25, 0.3) is 0 Å². The first-order valence-corrected chi connectivity index (χ1v) is 6.47. The molecule has 2 rings (SSSR count). The third kappa shape index (κ3) is 3.68. The van der Waals surface area contributed by atoms with Gasteiger partial charge in [0.05, 0.1) is 0 Å². The van der Waals surface area contributed by atoms with Crippen LogP contribution in [-0.2, 0) is 4.79 Å². The first kappa shape index (κ1) is 13.3. The van der Waals surface area contributed by atoms with E-state index in [1.54, 1.807) is 31.3 Å². The van der Waals surface area contributed by atoms with Crippen molar-refractivity contribution in [1.29, 1.82) is 0 Å². The second-order valence-corrected chi connectivity index (χ2v) is 4.68. The van der Waals surface area contributed by atoms with Gasteiger partial charge in [-0.05, 0) is 37.0 Å². The summed E-state index contributed by atoms with van der Waals surface area (Å²) in [6.07, 6.45) is 6.82. The lowest BCUT2D eigenvalue weighted by atomic mass is 10.0. The fourth-order valence-electron chi connectivity index (χ4n) is 2.20. The summed E-state index contributed by atoms with van der Waals surface area (Å²) in [6.45, 7) is 0. The summed E-state index contributed by atoms with van der Waals surface area (Å²) in [4.78, 5) is 23.4. The molecule has 19 heavy (non-hydrogen) atoms. The van der Waals surface area contributed by atoms with Gasteiger partial charge in [-0.2, -0.15) is 0 Å². The Balaban J connectivity index is 1.96. The summed E-state index contributed by atoms with van der Waals surface area (Å²) in [5, 5.41) is 5.40. The van der Waals surface area contributed by atoms with Gasteiger partial charge in [-0.25, -0.2) is 0 Å². The van der Waals surface area contributed by atoms with Crippen LogP contribution in [-0.4, -0.2) is 18.9 Å². The van der Waals surface area contributed by atoms with Crippen LogP contribution < -0.4 is 10.6 Å². The Kier molecular flexibility index (Phi) is 4.34. The molecule has 0 bridgehead atoms. The van der Waals surface area contributed by atoms with Gasteiger partial charge in [0.25, 0.3) is 5.91 Å². The summed E-state index contributed by atoms with van der Waals surface area (Å²) in [5.41, 5.74) is 1.20. The minimum Gasteiger partial charge on any atom is -0.355 e. The Hall–Kier alpha value is -2.10. The number of amides is 2. The number of anilines is 1. The standard InChI is InChI=1S/C15H18N2O2/c1-16-15(19)12-7-4-8-13(10-12)17-14(18)9-11-5-2-3-6-11/h2,4-5,7-8,10-11H,3,6,9H2,1H3,(H,16,19)(H,17,18)/t11-/m0/s1. The third-order valence-electron chi connectivity index (χ3n) is 3.20.